The lowest BCUT2D eigenvalue weighted by Crippen LogP contribution is -2.23. The molecule has 6 heteroatoms. The van der Waals surface area contributed by atoms with Crippen LogP contribution in [0.4, 0.5) is 0 Å². The van der Waals surface area contributed by atoms with Crippen LogP contribution in [-0.2, 0) is 4.74 Å². The Kier molecular flexibility index (Phi) is 5.58. The lowest BCUT2D eigenvalue weighted by molar-refractivity contribution is 0.219. The van der Waals surface area contributed by atoms with Crippen LogP contribution in [0.5, 0.6) is 0 Å². The van der Waals surface area contributed by atoms with Crippen molar-refractivity contribution >= 4 is 22.9 Å². The molecule has 5 N–H and O–H groups in total. The number of ether oxygens (including phenoxy) is 1. The maximum absolute atomic E-state index is 7.16. The van der Waals surface area contributed by atoms with Gasteiger partial charge in [-0.1, -0.05) is 11.8 Å². The Morgan fingerprint density at radius 3 is 2.73 bits per heavy atom. The van der Waals surface area contributed by atoms with Crippen LogP contribution < -0.4 is 11.5 Å². The van der Waals surface area contributed by atoms with Crippen molar-refractivity contribution in [3.63, 3.8) is 0 Å². The van der Waals surface area contributed by atoms with Gasteiger partial charge in [0.05, 0.1) is 6.61 Å². The molecule has 0 rings (SSSR count). The fourth-order valence-electron chi connectivity index (χ4n) is 0.371. The molecule has 0 fully saturated rings. The van der Waals surface area contributed by atoms with Crippen LogP contribution in [0.1, 0.15) is 0 Å². The van der Waals surface area contributed by atoms with Crippen molar-refractivity contribution in [3.05, 3.63) is 0 Å². The summed E-state index contributed by atoms with van der Waals surface area (Å²) >= 11 is 1.24. The van der Waals surface area contributed by atoms with Gasteiger partial charge >= 0.3 is 0 Å². The van der Waals surface area contributed by atoms with E-state index in [0.717, 1.165) is 0 Å². The van der Waals surface area contributed by atoms with Crippen molar-refractivity contribution in [2.45, 2.75) is 0 Å². The van der Waals surface area contributed by atoms with E-state index in [2.05, 4.69) is 4.99 Å². The minimum atomic E-state index is -0.0834. The molecule has 0 amide bonds. The molecule has 0 unspecified atom stereocenters. The van der Waals surface area contributed by atoms with E-state index in [0.29, 0.717) is 12.4 Å². The van der Waals surface area contributed by atoms with E-state index < -0.39 is 0 Å². The molecular weight excluding hydrogens is 164 g/mol. The first-order valence-corrected chi connectivity index (χ1v) is 3.95. The van der Waals surface area contributed by atoms with Gasteiger partial charge in [-0.2, -0.15) is 4.99 Å². The number of amidine groups is 1. The van der Waals surface area contributed by atoms with E-state index >= 15 is 0 Å². The summed E-state index contributed by atoms with van der Waals surface area (Å²) in [5, 5.41) is 7.27. The number of nitrogens with zero attached hydrogens (tertiary/aromatic N) is 1. The van der Waals surface area contributed by atoms with Crippen molar-refractivity contribution in [1.29, 1.82) is 5.41 Å². The molecule has 0 heterocycles. The second-order valence-electron chi connectivity index (χ2n) is 1.68. The van der Waals surface area contributed by atoms with E-state index in [9.17, 15) is 0 Å². The number of hydrogen-bond acceptors (Lipinski definition) is 3. The van der Waals surface area contributed by atoms with Gasteiger partial charge in [0.2, 0.25) is 0 Å². The number of nitrogens with one attached hydrogen (secondary N) is 1. The van der Waals surface area contributed by atoms with Crippen molar-refractivity contribution in [3.8, 4) is 0 Å². The minimum absolute atomic E-state index is 0.0834. The first kappa shape index (κ1) is 10.2. The Labute approximate surface area is 69.7 Å². The highest BCUT2D eigenvalue weighted by molar-refractivity contribution is 8.13. The normalized spacial score (nSPS) is 9.18. The smallest absolute Gasteiger partial charge is 0.193 e. The van der Waals surface area contributed by atoms with Gasteiger partial charge in [0.15, 0.2) is 11.1 Å². The summed E-state index contributed by atoms with van der Waals surface area (Å²) in [6.45, 7) is 0.590. The molecule has 0 aliphatic rings. The zero-order valence-corrected chi connectivity index (χ0v) is 7.15. The third kappa shape index (κ3) is 7.14. The fraction of sp³-hybridized carbons (Fsp3) is 0.600. The number of aliphatic imine (C=N–C) groups is 1. The van der Waals surface area contributed by atoms with Gasteiger partial charge in [0, 0.05) is 12.9 Å². The van der Waals surface area contributed by atoms with Gasteiger partial charge in [-0.3, -0.25) is 5.41 Å². The lowest BCUT2D eigenvalue weighted by atomic mass is 10.9. The molecular formula is C5H12N4OS. The molecule has 0 atom stereocenters. The van der Waals surface area contributed by atoms with Crippen LogP contribution in [-0.4, -0.2) is 30.6 Å². The maximum Gasteiger partial charge on any atom is 0.193 e. The number of guanidine groups is 1. The summed E-state index contributed by atoms with van der Waals surface area (Å²) in [6.07, 6.45) is 0. The standard InChI is InChI=1S/C5H12N4OS/c1-10-2-3-11-5(8)9-4(6)7/h2-3H2,1H3,(H5,6,7,8,9). The van der Waals surface area contributed by atoms with Gasteiger partial charge in [0.25, 0.3) is 0 Å². The second kappa shape index (κ2) is 5.99. The molecule has 0 aromatic rings. The largest absolute Gasteiger partial charge is 0.384 e. The molecule has 0 spiro atoms. The van der Waals surface area contributed by atoms with Crippen molar-refractivity contribution < 1.29 is 4.74 Å². The van der Waals surface area contributed by atoms with Crippen molar-refractivity contribution in [2.75, 3.05) is 19.5 Å². The first-order chi connectivity index (χ1) is 5.16. The maximum atomic E-state index is 7.16. The number of methoxy groups -OCH3 is 1. The number of nitrogens with two attached hydrogens (primary N) is 2. The Bertz CT molecular complexity index is 155. The van der Waals surface area contributed by atoms with Gasteiger partial charge in [-0.15, -0.1) is 0 Å². The molecule has 0 aromatic heterocycles. The van der Waals surface area contributed by atoms with Crippen LogP contribution in [0, 0.1) is 5.41 Å². The number of rotatable bonds is 3. The Balaban J connectivity index is 3.46. The van der Waals surface area contributed by atoms with Crippen LogP contribution in [0.15, 0.2) is 4.99 Å². The topological polar surface area (TPSA) is 97.5 Å². The Hall–Kier alpha value is -0.750. The minimum Gasteiger partial charge on any atom is -0.384 e. The first-order valence-electron chi connectivity index (χ1n) is 2.96. The fourth-order valence-corrected chi connectivity index (χ4v) is 0.985. The summed E-state index contributed by atoms with van der Waals surface area (Å²) in [4.78, 5) is 3.51. The molecule has 0 bridgehead atoms. The zero-order chi connectivity index (χ0) is 8.69. The summed E-state index contributed by atoms with van der Waals surface area (Å²) < 4.78 is 4.77. The predicted molar refractivity (Wildman–Crippen MR) is 47.9 cm³/mol. The Morgan fingerprint density at radius 2 is 2.27 bits per heavy atom. The summed E-state index contributed by atoms with van der Waals surface area (Å²) in [6, 6.07) is 0. The molecule has 11 heavy (non-hydrogen) atoms. The molecule has 64 valence electrons. The third-order valence-corrected chi connectivity index (χ3v) is 1.49. The van der Waals surface area contributed by atoms with Crippen LogP contribution in [0.2, 0.25) is 0 Å². The summed E-state index contributed by atoms with van der Waals surface area (Å²) in [7, 11) is 1.60. The van der Waals surface area contributed by atoms with E-state index in [1.807, 2.05) is 0 Å². The quantitative estimate of drug-likeness (QED) is 0.309. The zero-order valence-electron chi connectivity index (χ0n) is 6.33. The molecule has 0 saturated heterocycles. The number of thioether (sulfide) groups is 1. The predicted octanol–water partition coefficient (Wildman–Crippen LogP) is -0.426. The SMILES string of the molecule is COCCSC(=N)N=C(N)N. The average Bonchev–Trinajstić information content (AvgIpc) is 1.86. The third-order valence-electron chi connectivity index (χ3n) is 0.757. The average molecular weight is 176 g/mol. The van der Waals surface area contributed by atoms with Crippen molar-refractivity contribution in [2.24, 2.45) is 16.5 Å². The molecule has 0 aliphatic heterocycles. The second-order valence-corrected chi connectivity index (χ2v) is 2.77. The van der Waals surface area contributed by atoms with Gasteiger partial charge < -0.3 is 16.2 Å². The summed E-state index contributed by atoms with van der Waals surface area (Å²) in [5.41, 5.74) is 10.1. The van der Waals surface area contributed by atoms with Crippen LogP contribution >= 0.6 is 11.8 Å². The highest BCUT2D eigenvalue weighted by Gasteiger charge is 1.94. The molecule has 0 radical (unpaired) electrons. The highest BCUT2D eigenvalue weighted by Crippen LogP contribution is 2.01. The van der Waals surface area contributed by atoms with Gasteiger partial charge in [-0.25, -0.2) is 0 Å². The van der Waals surface area contributed by atoms with E-state index in [4.69, 9.17) is 21.6 Å². The van der Waals surface area contributed by atoms with E-state index in [-0.39, 0.29) is 11.1 Å². The number of hydrogen-bond donors (Lipinski definition) is 3. The molecule has 0 aliphatic carbocycles. The van der Waals surface area contributed by atoms with Gasteiger partial charge in [0.1, 0.15) is 0 Å². The van der Waals surface area contributed by atoms with Crippen LogP contribution in [0.3, 0.4) is 0 Å². The van der Waals surface area contributed by atoms with E-state index in [1.54, 1.807) is 7.11 Å². The van der Waals surface area contributed by atoms with Crippen LogP contribution in [0.25, 0.3) is 0 Å². The highest BCUT2D eigenvalue weighted by atomic mass is 32.2. The monoisotopic (exact) mass is 176 g/mol. The van der Waals surface area contributed by atoms with Crippen molar-refractivity contribution in [1.82, 2.24) is 0 Å². The Morgan fingerprint density at radius 1 is 1.64 bits per heavy atom. The summed E-state index contributed by atoms with van der Waals surface area (Å²) in [5.74, 6) is 0.603. The molecule has 5 nitrogen and oxygen atoms in total. The van der Waals surface area contributed by atoms with Gasteiger partial charge in [-0.05, 0) is 0 Å². The lowest BCUT2D eigenvalue weighted by Gasteiger charge is -1.97. The molecule has 0 saturated carbocycles. The molecule has 0 aromatic carbocycles. The van der Waals surface area contributed by atoms with E-state index in [1.165, 1.54) is 11.8 Å².